The fourth-order valence-corrected chi connectivity index (χ4v) is 3.99. The summed E-state index contributed by atoms with van der Waals surface area (Å²) in [5.41, 5.74) is 1.44. The summed E-state index contributed by atoms with van der Waals surface area (Å²) in [6.45, 7) is 0.736. The van der Waals surface area contributed by atoms with Gasteiger partial charge in [-0.05, 0) is 24.0 Å². The van der Waals surface area contributed by atoms with Crippen LogP contribution in [0.4, 0.5) is 0 Å². The first-order chi connectivity index (χ1) is 9.56. The number of nitrogens with zero attached hydrogens (tertiary/aromatic N) is 1. The maximum Gasteiger partial charge on any atom is 0.218 e. The summed E-state index contributed by atoms with van der Waals surface area (Å²) in [5.74, 6) is -0.0267. The summed E-state index contributed by atoms with van der Waals surface area (Å²) in [6.07, 6.45) is 1.86. The molecule has 1 fully saturated rings. The van der Waals surface area contributed by atoms with E-state index in [9.17, 15) is 8.42 Å². The van der Waals surface area contributed by atoms with Crippen LogP contribution in [0, 0.1) is 0 Å². The third kappa shape index (κ3) is 4.02. The van der Waals surface area contributed by atoms with Crippen molar-refractivity contribution in [2.45, 2.75) is 31.2 Å². The van der Waals surface area contributed by atoms with E-state index >= 15 is 0 Å². The molecule has 0 bridgehead atoms. The standard InChI is InChI=1S/C14H21NO4S/c1-19-8-7-15(14-5-6-14)20(17,18)11-13-4-2-3-12(9-13)10-16/h2-4,9,14,16H,5-8,10-11H2,1H3. The van der Waals surface area contributed by atoms with Crippen LogP contribution in [-0.4, -0.2) is 44.1 Å². The Morgan fingerprint density at radius 3 is 2.65 bits per heavy atom. The molecule has 20 heavy (non-hydrogen) atoms. The molecular weight excluding hydrogens is 278 g/mol. The molecule has 0 amide bonds. The minimum atomic E-state index is -3.34. The van der Waals surface area contributed by atoms with Crippen molar-refractivity contribution in [3.63, 3.8) is 0 Å². The Balaban J connectivity index is 2.11. The van der Waals surface area contributed by atoms with Crippen molar-refractivity contribution in [3.8, 4) is 0 Å². The number of methoxy groups -OCH3 is 1. The maximum absolute atomic E-state index is 12.5. The quantitative estimate of drug-likeness (QED) is 0.781. The lowest BCUT2D eigenvalue weighted by atomic mass is 10.1. The van der Waals surface area contributed by atoms with Crippen LogP contribution in [0.3, 0.4) is 0 Å². The van der Waals surface area contributed by atoms with Gasteiger partial charge in [-0.3, -0.25) is 0 Å². The zero-order valence-corrected chi connectivity index (χ0v) is 12.5. The van der Waals surface area contributed by atoms with Crippen molar-refractivity contribution in [3.05, 3.63) is 35.4 Å². The molecule has 0 spiro atoms. The SMILES string of the molecule is COCCN(C1CC1)S(=O)(=O)Cc1cccc(CO)c1. The number of ether oxygens (including phenoxy) is 1. The van der Waals surface area contributed by atoms with Crippen molar-refractivity contribution in [2.75, 3.05) is 20.3 Å². The van der Waals surface area contributed by atoms with Gasteiger partial charge in [-0.1, -0.05) is 24.3 Å². The predicted octanol–water partition coefficient (Wildman–Crippen LogP) is 1.12. The van der Waals surface area contributed by atoms with Gasteiger partial charge in [0.15, 0.2) is 0 Å². The Bertz CT molecular complexity index is 540. The zero-order chi connectivity index (χ0) is 14.6. The van der Waals surface area contributed by atoms with Crippen LogP contribution < -0.4 is 0 Å². The van der Waals surface area contributed by atoms with E-state index in [1.165, 1.54) is 0 Å². The molecule has 1 saturated carbocycles. The van der Waals surface area contributed by atoms with Crippen LogP contribution in [0.1, 0.15) is 24.0 Å². The summed E-state index contributed by atoms with van der Waals surface area (Å²) < 4.78 is 31.5. The molecule has 112 valence electrons. The second kappa shape index (κ2) is 6.67. The molecule has 1 aromatic carbocycles. The van der Waals surface area contributed by atoms with Crippen molar-refractivity contribution in [1.82, 2.24) is 4.31 Å². The van der Waals surface area contributed by atoms with Crippen LogP contribution in [0.2, 0.25) is 0 Å². The molecule has 1 aliphatic rings. The summed E-state index contributed by atoms with van der Waals surface area (Å²) >= 11 is 0. The smallest absolute Gasteiger partial charge is 0.218 e. The van der Waals surface area contributed by atoms with Gasteiger partial charge in [0.25, 0.3) is 0 Å². The van der Waals surface area contributed by atoms with E-state index in [1.807, 2.05) is 0 Å². The Morgan fingerprint density at radius 2 is 2.05 bits per heavy atom. The fourth-order valence-electron chi connectivity index (χ4n) is 2.20. The van der Waals surface area contributed by atoms with E-state index in [-0.39, 0.29) is 18.4 Å². The van der Waals surface area contributed by atoms with E-state index in [0.717, 1.165) is 18.4 Å². The second-order valence-electron chi connectivity index (χ2n) is 5.07. The van der Waals surface area contributed by atoms with Crippen molar-refractivity contribution in [2.24, 2.45) is 0 Å². The summed E-state index contributed by atoms with van der Waals surface area (Å²) in [4.78, 5) is 0. The maximum atomic E-state index is 12.5. The first-order valence-electron chi connectivity index (χ1n) is 6.74. The lowest BCUT2D eigenvalue weighted by Crippen LogP contribution is -2.36. The van der Waals surface area contributed by atoms with Crippen LogP contribution in [-0.2, 0) is 27.1 Å². The molecule has 0 aliphatic heterocycles. The van der Waals surface area contributed by atoms with Crippen molar-refractivity contribution >= 4 is 10.0 Å². The first kappa shape index (κ1) is 15.4. The van der Waals surface area contributed by atoms with Gasteiger partial charge in [-0.25, -0.2) is 8.42 Å². The second-order valence-corrected chi connectivity index (χ2v) is 6.99. The molecule has 2 rings (SSSR count). The van der Waals surface area contributed by atoms with Gasteiger partial charge in [0.1, 0.15) is 0 Å². The fraction of sp³-hybridized carbons (Fsp3) is 0.571. The lowest BCUT2D eigenvalue weighted by Gasteiger charge is -2.21. The minimum Gasteiger partial charge on any atom is -0.392 e. The highest BCUT2D eigenvalue weighted by molar-refractivity contribution is 7.88. The third-order valence-corrected chi connectivity index (χ3v) is 5.24. The largest absolute Gasteiger partial charge is 0.392 e. The molecule has 1 aromatic rings. The summed E-state index contributed by atoms with van der Waals surface area (Å²) in [7, 11) is -1.77. The van der Waals surface area contributed by atoms with Crippen molar-refractivity contribution in [1.29, 1.82) is 0 Å². The van der Waals surface area contributed by atoms with Crippen LogP contribution >= 0.6 is 0 Å². The monoisotopic (exact) mass is 299 g/mol. The molecule has 5 nitrogen and oxygen atoms in total. The van der Waals surface area contributed by atoms with Crippen LogP contribution in [0.25, 0.3) is 0 Å². The highest BCUT2D eigenvalue weighted by atomic mass is 32.2. The van der Waals surface area contributed by atoms with Gasteiger partial charge in [-0.2, -0.15) is 4.31 Å². The van der Waals surface area contributed by atoms with E-state index in [0.29, 0.717) is 18.7 Å². The molecule has 0 aromatic heterocycles. The number of rotatable bonds is 8. The minimum absolute atomic E-state index is 0.0267. The van der Waals surface area contributed by atoms with Gasteiger partial charge in [0.05, 0.1) is 19.0 Å². The predicted molar refractivity (Wildman–Crippen MR) is 76.6 cm³/mol. The number of benzene rings is 1. The summed E-state index contributed by atoms with van der Waals surface area (Å²) in [6, 6.07) is 7.19. The van der Waals surface area contributed by atoms with Gasteiger partial charge >= 0.3 is 0 Å². The molecule has 0 radical (unpaired) electrons. The Hall–Kier alpha value is -0.950. The zero-order valence-electron chi connectivity index (χ0n) is 11.7. The van der Waals surface area contributed by atoms with Gasteiger partial charge in [0.2, 0.25) is 10.0 Å². The molecule has 1 aliphatic carbocycles. The Morgan fingerprint density at radius 1 is 1.35 bits per heavy atom. The highest BCUT2D eigenvalue weighted by Crippen LogP contribution is 2.30. The van der Waals surface area contributed by atoms with Crippen LogP contribution in [0.5, 0.6) is 0 Å². The average Bonchev–Trinajstić information content (AvgIpc) is 3.23. The number of hydrogen-bond donors (Lipinski definition) is 1. The van der Waals surface area contributed by atoms with E-state index in [4.69, 9.17) is 9.84 Å². The van der Waals surface area contributed by atoms with Gasteiger partial charge in [0, 0.05) is 19.7 Å². The number of aliphatic hydroxyl groups excluding tert-OH is 1. The summed E-state index contributed by atoms with van der Waals surface area (Å²) in [5, 5.41) is 9.11. The van der Waals surface area contributed by atoms with E-state index in [2.05, 4.69) is 0 Å². The van der Waals surface area contributed by atoms with Crippen molar-refractivity contribution < 1.29 is 18.3 Å². The molecule has 6 heteroatoms. The molecular formula is C14H21NO4S. The molecule has 1 N–H and O–H groups in total. The van der Waals surface area contributed by atoms with Gasteiger partial charge < -0.3 is 9.84 Å². The number of sulfonamides is 1. The van der Waals surface area contributed by atoms with E-state index in [1.54, 1.807) is 35.7 Å². The average molecular weight is 299 g/mol. The topological polar surface area (TPSA) is 66.8 Å². The normalized spacial score (nSPS) is 15.8. The Labute approximate surface area is 120 Å². The number of hydrogen-bond acceptors (Lipinski definition) is 4. The highest BCUT2D eigenvalue weighted by Gasteiger charge is 2.36. The lowest BCUT2D eigenvalue weighted by molar-refractivity contribution is 0.177. The molecule has 0 heterocycles. The first-order valence-corrected chi connectivity index (χ1v) is 8.35. The van der Waals surface area contributed by atoms with Gasteiger partial charge in [-0.15, -0.1) is 0 Å². The van der Waals surface area contributed by atoms with E-state index < -0.39 is 10.0 Å². The third-order valence-electron chi connectivity index (χ3n) is 3.35. The Kier molecular flexibility index (Phi) is 5.15. The number of aliphatic hydroxyl groups is 1. The molecule has 0 saturated heterocycles. The molecule has 0 unspecified atom stereocenters. The molecule has 0 atom stereocenters. The van der Waals surface area contributed by atoms with Crippen LogP contribution in [0.15, 0.2) is 24.3 Å².